The number of carbonyl (C=O) groups excluding carboxylic acids is 1. The van der Waals surface area contributed by atoms with Crippen LogP contribution >= 0.6 is 0 Å². The Morgan fingerprint density at radius 2 is 1.83 bits per heavy atom. The van der Waals surface area contributed by atoms with Gasteiger partial charge in [-0.3, -0.25) is 9.59 Å². The second-order valence-electron chi connectivity index (χ2n) is 4.04. The van der Waals surface area contributed by atoms with Crippen molar-refractivity contribution in [2.45, 2.75) is 25.3 Å². The third kappa shape index (κ3) is 4.55. The van der Waals surface area contributed by atoms with Crippen LogP contribution in [0.5, 0.6) is 0 Å². The Morgan fingerprint density at radius 3 is 2.33 bits per heavy atom. The van der Waals surface area contributed by atoms with E-state index in [1.807, 2.05) is 24.3 Å². The van der Waals surface area contributed by atoms with Gasteiger partial charge in [-0.05, 0) is 24.0 Å². The minimum atomic E-state index is -1.01. The van der Waals surface area contributed by atoms with E-state index < -0.39 is 12.0 Å². The molecule has 1 aromatic rings. The van der Waals surface area contributed by atoms with E-state index in [4.69, 9.17) is 10.8 Å². The highest BCUT2D eigenvalue weighted by Gasteiger charge is 2.11. The van der Waals surface area contributed by atoms with Gasteiger partial charge in [0.2, 0.25) is 0 Å². The van der Waals surface area contributed by atoms with Crippen molar-refractivity contribution < 1.29 is 19.4 Å². The molecular formula is C13H17NO4. The molecule has 0 aromatic heterocycles. The van der Waals surface area contributed by atoms with Crippen molar-refractivity contribution in [3.05, 3.63) is 35.4 Å². The average molecular weight is 251 g/mol. The van der Waals surface area contributed by atoms with Gasteiger partial charge in [0.15, 0.2) is 0 Å². The van der Waals surface area contributed by atoms with E-state index in [2.05, 4.69) is 4.74 Å². The van der Waals surface area contributed by atoms with Crippen LogP contribution in [0.2, 0.25) is 0 Å². The summed E-state index contributed by atoms with van der Waals surface area (Å²) < 4.78 is 4.55. The molecule has 5 heteroatoms. The first-order valence-electron chi connectivity index (χ1n) is 5.66. The molecule has 18 heavy (non-hydrogen) atoms. The summed E-state index contributed by atoms with van der Waals surface area (Å²) in [6, 6.07) is 6.51. The summed E-state index contributed by atoms with van der Waals surface area (Å²) in [4.78, 5) is 21.6. The second-order valence-corrected chi connectivity index (χ2v) is 4.04. The highest BCUT2D eigenvalue weighted by molar-refractivity contribution is 5.73. The van der Waals surface area contributed by atoms with Gasteiger partial charge < -0.3 is 15.6 Å². The van der Waals surface area contributed by atoms with E-state index in [0.717, 1.165) is 11.1 Å². The van der Waals surface area contributed by atoms with Gasteiger partial charge in [-0.25, -0.2) is 0 Å². The number of ether oxygens (including phenoxy) is 1. The molecule has 98 valence electrons. The minimum Gasteiger partial charge on any atom is -0.480 e. The SMILES string of the molecule is COC(=O)CCc1ccc(CC(N)C(=O)O)cc1. The number of carboxylic acids is 1. The number of methoxy groups -OCH3 is 1. The van der Waals surface area contributed by atoms with Crippen LogP contribution in [-0.2, 0) is 27.2 Å². The zero-order valence-electron chi connectivity index (χ0n) is 10.3. The molecule has 0 fully saturated rings. The molecule has 1 unspecified atom stereocenters. The minimum absolute atomic E-state index is 0.244. The van der Waals surface area contributed by atoms with Gasteiger partial charge in [-0.2, -0.15) is 0 Å². The van der Waals surface area contributed by atoms with E-state index in [1.54, 1.807) is 0 Å². The van der Waals surface area contributed by atoms with E-state index in [1.165, 1.54) is 7.11 Å². The highest BCUT2D eigenvalue weighted by atomic mass is 16.5. The summed E-state index contributed by atoms with van der Waals surface area (Å²) in [5, 5.41) is 8.69. The van der Waals surface area contributed by atoms with Crippen LogP contribution in [0.4, 0.5) is 0 Å². The van der Waals surface area contributed by atoms with Gasteiger partial charge in [-0.15, -0.1) is 0 Å². The van der Waals surface area contributed by atoms with Crippen LogP contribution in [0.3, 0.4) is 0 Å². The zero-order valence-corrected chi connectivity index (χ0v) is 10.3. The maximum absolute atomic E-state index is 11.0. The molecule has 0 aliphatic carbocycles. The van der Waals surface area contributed by atoms with Crippen LogP contribution in [0.1, 0.15) is 17.5 Å². The van der Waals surface area contributed by atoms with Gasteiger partial charge in [0.25, 0.3) is 0 Å². The standard InChI is InChI=1S/C13H17NO4/c1-18-12(15)7-6-9-2-4-10(5-3-9)8-11(14)13(16)17/h2-5,11H,6-8,14H2,1H3,(H,16,17). The number of benzene rings is 1. The molecule has 0 radical (unpaired) electrons. The Balaban J connectivity index is 2.52. The number of carbonyl (C=O) groups is 2. The van der Waals surface area contributed by atoms with Gasteiger partial charge >= 0.3 is 11.9 Å². The van der Waals surface area contributed by atoms with E-state index >= 15 is 0 Å². The topological polar surface area (TPSA) is 89.6 Å². The Hall–Kier alpha value is -1.88. The largest absolute Gasteiger partial charge is 0.480 e. The third-order valence-corrected chi connectivity index (χ3v) is 2.64. The van der Waals surface area contributed by atoms with Crippen molar-refractivity contribution in [2.24, 2.45) is 5.73 Å². The molecule has 3 N–H and O–H groups in total. The summed E-state index contributed by atoms with van der Waals surface area (Å²) in [6.45, 7) is 0. The molecule has 0 amide bonds. The fourth-order valence-electron chi connectivity index (χ4n) is 1.53. The lowest BCUT2D eigenvalue weighted by Gasteiger charge is -2.07. The number of rotatable bonds is 6. The number of esters is 1. The Bertz CT molecular complexity index is 414. The number of aliphatic carboxylic acids is 1. The van der Waals surface area contributed by atoms with Crippen LogP contribution < -0.4 is 5.73 Å². The molecule has 0 spiro atoms. The van der Waals surface area contributed by atoms with E-state index in [0.29, 0.717) is 19.3 Å². The molecule has 0 saturated heterocycles. The summed E-state index contributed by atoms with van der Waals surface area (Å²) in [5.74, 6) is -1.25. The molecule has 0 bridgehead atoms. The normalized spacial score (nSPS) is 11.9. The first kappa shape index (κ1) is 14.2. The molecule has 1 atom stereocenters. The molecule has 5 nitrogen and oxygen atoms in total. The van der Waals surface area contributed by atoms with Crippen molar-refractivity contribution >= 4 is 11.9 Å². The van der Waals surface area contributed by atoms with Crippen LogP contribution in [0, 0.1) is 0 Å². The number of nitrogens with two attached hydrogens (primary N) is 1. The Morgan fingerprint density at radius 1 is 1.28 bits per heavy atom. The van der Waals surface area contributed by atoms with Gasteiger partial charge in [0.1, 0.15) is 6.04 Å². The average Bonchev–Trinajstić information content (AvgIpc) is 2.37. The van der Waals surface area contributed by atoms with E-state index in [-0.39, 0.29) is 5.97 Å². The number of hydrogen-bond donors (Lipinski definition) is 2. The summed E-state index contributed by atoms with van der Waals surface area (Å²) in [6.07, 6.45) is 1.25. The zero-order chi connectivity index (χ0) is 13.5. The van der Waals surface area contributed by atoms with Crippen LogP contribution in [0.15, 0.2) is 24.3 Å². The fraction of sp³-hybridized carbons (Fsp3) is 0.385. The second kappa shape index (κ2) is 6.76. The van der Waals surface area contributed by atoms with Crippen LogP contribution in [-0.4, -0.2) is 30.2 Å². The Labute approximate surface area is 106 Å². The van der Waals surface area contributed by atoms with Crippen molar-refractivity contribution in [1.29, 1.82) is 0 Å². The van der Waals surface area contributed by atoms with Crippen LogP contribution in [0.25, 0.3) is 0 Å². The lowest BCUT2D eigenvalue weighted by Crippen LogP contribution is -2.32. The predicted molar refractivity (Wildman–Crippen MR) is 66.1 cm³/mol. The molecule has 0 heterocycles. The molecular weight excluding hydrogens is 234 g/mol. The van der Waals surface area contributed by atoms with E-state index in [9.17, 15) is 9.59 Å². The molecule has 0 aliphatic heterocycles. The Kier molecular flexibility index (Phi) is 5.32. The van der Waals surface area contributed by atoms with Crippen molar-refractivity contribution in [3.63, 3.8) is 0 Å². The fourth-order valence-corrected chi connectivity index (χ4v) is 1.53. The molecule has 1 aromatic carbocycles. The quantitative estimate of drug-likeness (QED) is 0.728. The predicted octanol–water partition coefficient (Wildman–Crippen LogP) is 0.747. The smallest absolute Gasteiger partial charge is 0.320 e. The first-order valence-corrected chi connectivity index (χ1v) is 5.66. The van der Waals surface area contributed by atoms with Crippen molar-refractivity contribution in [2.75, 3.05) is 7.11 Å². The summed E-state index contributed by atoms with van der Waals surface area (Å²) in [7, 11) is 1.36. The summed E-state index contributed by atoms with van der Waals surface area (Å²) >= 11 is 0. The number of aryl methyl sites for hydroxylation is 1. The molecule has 1 rings (SSSR count). The third-order valence-electron chi connectivity index (χ3n) is 2.64. The maximum atomic E-state index is 11.0. The van der Waals surface area contributed by atoms with Gasteiger partial charge in [0, 0.05) is 6.42 Å². The number of hydrogen-bond acceptors (Lipinski definition) is 4. The lowest BCUT2D eigenvalue weighted by molar-refractivity contribution is -0.140. The monoisotopic (exact) mass is 251 g/mol. The van der Waals surface area contributed by atoms with Crippen molar-refractivity contribution in [1.82, 2.24) is 0 Å². The number of carboxylic acid groups (broad SMARTS) is 1. The first-order chi connectivity index (χ1) is 8.52. The van der Waals surface area contributed by atoms with Gasteiger partial charge in [0.05, 0.1) is 7.11 Å². The molecule has 0 aliphatic rings. The summed E-state index contributed by atoms with van der Waals surface area (Å²) in [5.41, 5.74) is 7.32. The highest BCUT2D eigenvalue weighted by Crippen LogP contribution is 2.09. The van der Waals surface area contributed by atoms with Gasteiger partial charge in [-0.1, -0.05) is 24.3 Å². The molecule has 0 saturated carbocycles. The van der Waals surface area contributed by atoms with Crippen molar-refractivity contribution in [3.8, 4) is 0 Å². The lowest BCUT2D eigenvalue weighted by atomic mass is 10.0. The maximum Gasteiger partial charge on any atom is 0.320 e.